The number of carbonyl (C=O) groups excluding carboxylic acids is 1. The number of likely N-dealkylation sites (N-methyl/N-ethyl adjacent to an activating group) is 1. The highest BCUT2D eigenvalue weighted by Gasteiger charge is 2.33. The molecule has 2 unspecified atom stereocenters. The van der Waals surface area contributed by atoms with Gasteiger partial charge in [-0.05, 0) is 39.8 Å². The van der Waals surface area contributed by atoms with Crippen molar-refractivity contribution in [2.24, 2.45) is 0 Å². The van der Waals surface area contributed by atoms with Crippen LogP contribution in [-0.4, -0.2) is 54.6 Å². The summed E-state index contributed by atoms with van der Waals surface area (Å²) < 4.78 is 0. The zero-order chi connectivity index (χ0) is 10.8. The molecule has 0 aromatic rings. The van der Waals surface area contributed by atoms with E-state index >= 15 is 0 Å². The third kappa shape index (κ3) is 2.16. The lowest BCUT2D eigenvalue weighted by Gasteiger charge is -2.42. The predicted molar refractivity (Wildman–Crippen MR) is 59.4 cm³/mol. The first-order valence-electron chi connectivity index (χ1n) is 5.94. The lowest BCUT2D eigenvalue weighted by Crippen LogP contribution is -2.61. The molecule has 0 aromatic heterocycles. The maximum Gasteiger partial charge on any atom is 0.240 e. The molecule has 86 valence electrons. The van der Waals surface area contributed by atoms with Gasteiger partial charge >= 0.3 is 0 Å². The maximum atomic E-state index is 12.1. The summed E-state index contributed by atoms with van der Waals surface area (Å²) in [6.45, 7) is 4.92. The molecular weight excluding hydrogens is 190 g/mol. The minimum atomic E-state index is 0.0440. The number of piperazine rings is 1. The van der Waals surface area contributed by atoms with Crippen molar-refractivity contribution in [2.45, 2.75) is 38.4 Å². The molecule has 0 aromatic carbocycles. The summed E-state index contributed by atoms with van der Waals surface area (Å²) in [6, 6.07) is 0.0440. The average molecular weight is 211 g/mol. The molecule has 2 atom stereocenters. The molecule has 4 nitrogen and oxygen atoms in total. The summed E-state index contributed by atoms with van der Waals surface area (Å²) in [5.41, 5.74) is 0. The molecule has 2 fully saturated rings. The molecule has 4 heteroatoms. The van der Waals surface area contributed by atoms with Gasteiger partial charge in [0.15, 0.2) is 0 Å². The van der Waals surface area contributed by atoms with Crippen molar-refractivity contribution in [3.8, 4) is 0 Å². The second-order valence-corrected chi connectivity index (χ2v) is 4.65. The van der Waals surface area contributed by atoms with Gasteiger partial charge in [0, 0.05) is 13.1 Å². The van der Waals surface area contributed by atoms with Gasteiger partial charge in [-0.15, -0.1) is 0 Å². The predicted octanol–water partition coefficient (Wildman–Crippen LogP) is 0.249. The van der Waals surface area contributed by atoms with E-state index in [9.17, 15) is 4.79 Å². The Morgan fingerprint density at radius 1 is 1.33 bits per heavy atom. The monoisotopic (exact) mass is 211 g/mol. The van der Waals surface area contributed by atoms with Gasteiger partial charge in [-0.25, -0.2) is 0 Å². The lowest BCUT2D eigenvalue weighted by molar-refractivity contribution is -0.144. The van der Waals surface area contributed by atoms with Crippen LogP contribution >= 0.6 is 0 Å². The summed E-state index contributed by atoms with van der Waals surface area (Å²) in [7, 11) is 2.02. The largest absolute Gasteiger partial charge is 0.325 e. The molecule has 0 aliphatic carbocycles. The van der Waals surface area contributed by atoms with E-state index in [1.54, 1.807) is 0 Å². The van der Waals surface area contributed by atoms with Crippen LogP contribution in [0.25, 0.3) is 0 Å². The molecule has 2 aliphatic heterocycles. The van der Waals surface area contributed by atoms with Crippen molar-refractivity contribution in [1.82, 2.24) is 15.1 Å². The highest BCUT2D eigenvalue weighted by molar-refractivity contribution is 5.82. The number of hydrogen-bond donors (Lipinski definition) is 1. The molecule has 1 amide bonds. The van der Waals surface area contributed by atoms with Gasteiger partial charge in [0.05, 0.1) is 12.2 Å². The second kappa shape index (κ2) is 4.49. The summed E-state index contributed by atoms with van der Waals surface area (Å²) in [5.74, 6) is 0.281. The Morgan fingerprint density at radius 2 is 2.13 bits per heavy atom. The summed E-state index contributed by atoms with van der Waals surface area (Å²) in [5, 5.41) is 3.44. The maximum absolute atomic E-state index is 12.1. The van der Waals surface area contributed by atoms with Crippen molar-refractivity contribution < 1.29 is 4.79 Å². The van der Waals surface area contributed by atoms with Crippen molar-refractivity contribution >= 4 is 5.91 Å². The first-order chi connectivity index (χ1) is 7.20. The van der Waals surface area contributed by atoms with Crippen molar-refractivity contribution in [3.63, 3.8) is 0 Å². The molecule has 0 bridgehead atoms. The fourth-order valence-electron chi connectivity index (χ4n) is 2.41. The highest BCUT2D eigenvalue weighted by atomic mass is 16.2. The highest BCUT2D eigenvalue weighted by Crippen LogP contribution is 2.16. The van der Waals surface area contributed by atoms with E-state index in [0.717, 1.165) is 26.1 Å². The Balaban J connectivity index is 1.99. The Hall–Kier alpha value is -0.610. The van der Waals surface area contributed by atoms with Crippen LogP contribution in [0, 0.1) is 0 Å². The molecule has 15 heavy (non-hydrogen) atoms. The van der Waals surface area contributed by atoms with Crippen LogP contribution in [0.5, 0.6) is 0 Å². The molecule has 2 saturated heterocycles. The van der Waals surface area contributed by atoms with Gasteiger partial charge in [0.25, 0.3) is 0 Å². The Labute approximate surface area is 91.6 Å². The molecule has 2 rings (SSSR count). The van der Waals surface area contributed by atoms with Crippen LogP contribution in [0.3, 0.4) is 0 Å². The van der Waals surface area contributed by atoms with E-state index in [4.69, 9.17) is 0 Å². The van der Waals surface area contributed by atoms with Crippen molar-refractivity contribution in [2.75, 3.05) is 26.7 Å². The zero-order valence-electron chi connectivity index (χ0n) is 9.70. The standard InChI is InChI=1S/C11H21N3O/c1-9-11(15)14(8-7-13(9)2)10-5-3-4-6-12-10/h9-10,12H,3-8H2,1-2H3. The SMILES string of the molecule is CC1C(=O)N(C2CCCCN2)CCN1C. The van der Waals surface area contributed by atoms with Gasteiger partial charge < -0.3 is 4.90 Å². The topological polar surface area (TPSA) is 35.6 Å². The average Bonchev–Trinajstić information content (AvgIpc) is 2.27. The number of piperidine rings is 1. The number of nitrogens with one attached hydrogen (secondary N) is 1. The molecule has 0 spiro atoms. The molecule has 2 heterocycles. The Morgan fingerprint density at radius 3 is 2.80 bits per heavy atom. The minimum absolute atomic E-state index is 0.0440. The first kappa shape index (κ1) is 10.9. The number of nitrogens with zero attached hydrogens (tertiary/aromatic N) is 2. The normalized spacial score (nSPS) is 34.5. The van der Waals surface area contributed by atoms with Crippen molar-refractivity contribution in [1.29, 1.82) is 0 Å². The van der Waals surface area contributed by atoms with Crippen LogP contribution in [-0.2, 0) is 4.79 Å². The Kier molecular flexibility index (Phi) is 3.26. The second-order valence-electron chi connectivity index (χ2n) is 4.65. The van der Waals surface area contributed by atoms with E-state index in [0.29, 0.717) is 6.17 Å². The van der Waals surface area contributed by atoms with E-state index in [1.165, 1.54) is 12.8 Å². The minimum Gasteiger partial charge on any atom is -0.325 e. The molecule has 0 saturated carbocycles. The van der Waals surface area contributed by atoms with Gasteiger partial charge in [-0.3, -0.25) is 15.0 Å². The molecule has 0 radical (unpaired) electrons. The molecule has 2 aliphatic rings. The zero-order valence-corrected chi connectivity index (χ0v) is 9.70. The third-order valence-electron chi connectivity index (χ3n) is 3.66. The van der Waals surface area contributed by atoms with Crippen LogP contribution in [0.15, 0.2) is 0 Å². The van der Waals surface area contributed by atoms with Gasteiger partial charge in [-0.2, -0.15) is 0 Å². The molecular formula is C11H21N3O. The summed E-state index contributed by atoms with van der Waals surface area (Å²) in [4.78, 5) is 16.2. The fourth-order valence-corrected chi connectivity index (χ4v) is 2.41. The van der Waals surface area contributed by atoms with Gasteiger partial charge in [-0.1, -0.05) is 0 Å². The van der Waals surface area contributed by atoms with E-state index < -0.39 is 0 Å². The van der Waals surface area contributed by atoms with Crippen LogP contribution < -0.4 is 5.32 Å². The van der Waals surface area contributed by atoms with E-state index in [-0.39, 0.29) is 11.9 Å². The number of rotatable bonds is 1. The Bertz CT molecular complexity index is 238. The van der Waals surface area contributed by atoms with Crippen molar-refractivity contribution in [3.05, 3.63) is 0 Å². The number of hydrogen-bond acceptors (Lipinski definition) is 3. The van der Waals surface area contributed by atoms with Crippen LogP contribution in [0.1, 0.15) is 26.2 Å². The fraction of sp³-hybridized carbons (Fsp3) is 0.909. The quantitative estimate of drug-likeness (QED) is 0.675. The van der Waals surface area contributed by atoms with Gasteiger partial charge in [0.1, 0.15) is 0 Å². The number of amides is 1. The third-order valence-corrected chi connectivity index (χ3v) is 3.66. The summed E-state index contributed by atoms with van der Waals surface area (Å²) in [6.07, 6.45) is 3.89. The van der Waals surface area contributed by atoms with E-state index in [1.807, 2.05) is 18.9 Å². The number of carbonyl (C=O) groups is 1. The van der Waals surface area contributed by atoms with Crippen LogP contribution in [0.2, 0.25) is 0 Å². The first-order valence-corrected chi connectivity index (χ1v) is 5.94. The lowest BCUT2D eigenvalue weighted by atomic mass is 10.1. The molecule has 1 N–H and O–H groups in total. The van der Waals surface area contributed by atoms with Gasteiger partial charge in [0.2, 0.25) is 5.91 Å². The van der Waals surface area contributed by atoms with Crippen LogP contribution in [0.4, 0.5) is 0 Å². The smallest absolute Gasteiger partial charge is 0.240 e. The van der Waals surface area contributed by atoms with E-state index in [2.05, 4.69) is 10.2 Å². The summed E-state index contributed by atoms with van der Waals surface area (Å²) >= 11 is 0.